The van der Waals surface area contributed by atoms with Crippen molar-refractivity contribution in [1.29, 1.82) is 0 Å². The Bertz CT molecular complexity index is 968. The summed E-state index contributed by atoms with van der Waals surface area (Å²) in [6.07, 6.45) is 1.29. The van der Waals surface area contributed by atoms with Gasteiger partial charge in [-0.15, -0.1) is 5.10 Å². The van der Waals surface area contributed by atoms with Crippen LogP contribution in [0.2, 0.25) is 0 Å². The van der Waals surface area contributed by atoms with Gasteiger partial charge >= 0.3 is 0 Å². The van der Waals surface area contributed by atoms with Gasteiger partial charge in [0.2, 0.25) is 0 Å². The second-order valence-corrected chi connectivity index (χ2v) is 5.62. The molecule has 9 heteroatoms. The summed E-state index contributed by atoms with van der Waals surface area (Å²) in [4.78, 5) is 18.5. The Balaban J connectivity index is 2.24. The Morgan fingerprint density at radius 2 is 2.13 bits per heavy atom. The molecule has 0 aliphatic carbocycles. The molecular weight excluding hydrogens is 374 g/mol. The first-order chi connectivity index (χ1) is 10.9. The topological polar surface area (TPSA) is 72.8 Å². The molecule has 0 atom stereocenters. The molecule has 23 heavy (non-hydrogen) atoms. The van der Waals surface area contributed by atoms with Crippen molar-refractivity contribution in [1.82, 2.24) is 19.7 Å². The lowest BCUT2D eigenvalue weighted by Crippen LogP contribution is -2.09. The van der Waals surface area contributed by atoms with Gasteiger partial charge in [-0.25, -0.2) is 13.5 Å². The fourth-order valence-electron chi connectivity index (χ4n) is 2.13. The third kappa shape index (κ3) is 2.61. The number of aromatic amines is 1. The molecule has 0 saturated carbocycles. The van der Waals surface area contributed by atoms with E-state index in [1.54, 1.807) is 6.92 Å². The van der Waals surface area contributed by atoms with E-state index >= 15 is 0 Å². The average molecular weight is 385 g/mol. The van der Waals surface area contributed by atoms with E-state index in [9.17, 15) is 13.6 Å². The van der Waals surface area contributed by atoms with Gasteiger partial charge in [0.25, 0.3) is 11.6 Å². The molecule has 0 fully saturated rings. The van der Waals surface area contributed by atoms with E-state index in [1.165, 1.54) is 19.2 Å². The number of rotatable bonds is 3. The first-order valence-corrected chi connectivity index (χ1v) is 7.48. The van der Waals surface area contributed by atoms with Crippen LogP contribution in [0.3, 0.4) is 0 Å². The second-order valence-electron chi connectivity index (χ2n) is 4.77. The normalized spacial score (nSPS) is 11.2. The summed E-state index contributed by atoms with van der Waals surface area (Å²) < 4.78 is 34.6. The van der Waals surface area contributed by atoms with Crippen LogP contribution >= 0.6 is 15.9 Å². The lowest BCUT2D eigenvalue weighted by atomic mass is 10.2. The molecule has 0 aliphatic heterocycles. The molecule has 120 valence electrons. The van der Waals surface area contributed by atoms with Crippen molar-refractivity contribution < 1.29 is 13.5 Å². The Labute approximate surface area is 137 Å². The molecule has 0 unspecified atom stereocenters. The zero-order chi connectivity index (χ0) is 16.7. The predicted molar refractivity (Wildman–Crippen MR) is 83.0 cm³/mol. The van der Waals surface area contributed by atoms with Gasteiger partial charge in [-0.2, -0.15) is 4.98 Å². The van der Waals surface area contributed by atoms with Gasteiger partial charge in [0.05, 0.1) is 6.61 Å². The molecule has 0 amide bonds. The minimum Gasteiger partial charge on any atom is -0.465 e. The Hall–Kier alpha value is -2.29. The molecule has 3 rings (SSSR count). The SMILES string of the molecule is CCOc1nc2nn(-c3c(Br)cc(C)c(F)c3F)cc2c(=O)[nH]1. The molecule has 0 bridgehead atoms. The standard InChI is InChI=1S/C14H11BrF2N4O2/c1-3-23-14-18-12-7(13(22)19-14)5-21(20-12)11-8(15)4-6(2)9(16)10(11)17/h4-5H,3H2,1-2H3,(H,18,19,20,22). The first kappa shape index (κ1) is 15.6. The molecule has 0 spiro atoms. The Kier molecular flexibility index (Phi) is 3.88. The van der Waals surface area contributed by atoms with E-state index in [0.29, 0.717) is 11.1 Å². The van der Waals surface area contributed by atoms with Gasteiger partial charge < -0.3 is 4.74 Å². The number of hydrogen-bond acceptors (Lipinski definition) is 4. The van der Waals surface area contributed by atoms with Crippen molar-refractivity contribution in [2.75, 3.05) is 6.61 Å². The molecule has 0 aliphatic rings. The monoisotopic (exact) mass is 384 g/mol. The van der Waals surface area contributed by atoms with Gasteiger partial charge in [0.15, 0.2) is 17.3 Å². The van der Waals surface area contributed by atoms with E-state index in [-0.39, 0.29) is 28.3 Å². The molecule has 1 N–H and O–H groups in total. The maximum atomic E-state index is 14.2. The number of H-pyrrole nitrogens is 1. The molecule has 2 heterocycles. The number of nitrogens with one attached hydrogen (secondary N) is 1. The third-order valence-electron chi connectivity index (χ3n) is 3.19. The van der Waals surface area contributed by atoms with Crippen molar-refractivity contribution >= 4 is 27.0 Å². The Morgan fingerprint density at radius 3 is 2.83 bits per heavy atom. The third-order valence-corrected chi connectivity index (χ3v) is 3.80. The van der Waals surface area contributed by atoms with Crippen LogP contribution in [0.5, 0.6) is 6.01 Å². The van der Waals surface area contributed by atoms with E-state index < -0.39 is 17.2 Å². The summed E-state index contributed by atoms with van der Waals surface area (Å²) >= 11 is 3.19. The maximum Gasteiger partial charge on any atom is 0.298 e. The summed E-state index contributed by atoms with van der Waals surface area (Å²) in [6.45, 7) is 3.51. The summed E-state index contributed by atoms with van der Waals surface area (Å²) in [5, 5.41) is 4.19. The summed E-state index contributed by atoms with van der Waals surface area (Å²) in [7, 11) is 0. The van der Waals surface area contributed by atoms with Crippen LogP contribution in [0.25, 0.3) is 16.7 Å². The average Bonchev–Trinajstić information content (AvgIpc) is 2.89. The summed E-state index contributed by atoms with van der Waals surface area (Å²) in [5.41, 5.74) is -0.383. The van der Waals surface area contributed by atoms with Crippen LogP contribution in [0, 0.1) is 18.6 Å². The number of ether oxygens (including phenoxy) is 1. The lowest BCUT2D eigenvalue weighted by Gasteiger charge is -2.08. The van der Waals surface area contributed by atoms with Gasteiger partial charge in [-0.05, 0) is 41.4 Å². The highest BCUT2D eigenvalue weighted by Crippen LogP contribution is 2.28. The minimum absolute atomic E-state index is 0.0184. The lowest BCUT2D eigenvalue weighted by molar-refractivity contribution is 0.313. The predicted octanol–water partition coefficient (Wildman–Crippen LogP) is 2.86. The van der Waals surface area contributed by atoms with Crippen molar-refractivity contribution in [2.45, 2.75) is 13.8 Å². The van der Waals surface area contributed by atoms with Gasteiger partial charge in [0, 0.05) is 10.7 Å². The molecule has 2 aromatic heterocycles. The van der Waals surface area contributed by atoms with Crippen molar-refractivity contribution in [2.24, 2.45) is 0 Å². The van der Waals surface area contributed by atoms with Crippen molar-refractivity contribution in [3.05, 3.63) is 44.3 Å². The van der Waals surface area contributed by atoms with E-state index in [4.69, 9.17) is 4.74 Å². The second kappa shape index (κ2) is 5.73. The highest BCUT2D eigenvalue weighted by molar-refractivity contribution is 9.10. The largest absolute Gasteiger partial charge is 0.465 e. The molecule has 3 aromatic rings. The number of halogens is 3. The van der Waals surface area contributed by atoms with E-state index in [2.05, 4.69) is 31.0 Å². The fourth-order valence-corrected chi connectivity index (χ4v) is 2.83. The van der Waals surface area contributed by atoms with Crippen LogP contribution in [-0.2, 0) is 0 Å². The highest BCUT2D eigenvalue weighted by atomic mass is 79.9. The smallest absolute Gasteiger partial charge is 0.298 e. The zero-order valence-electron chi connectivity index (χ0n) is 12.2. The molecule has 6 nitrogen and oxygen atoms in total. The summed E-state index contributed by atoms with van der Waals surface area (Å²) in [6, 6.07) is 1.45. The maximum absolute atomic E-state index is 14.2. The number of fused-ring (bicyclic) bond motifs is 1. The number of benzene rings is 1. The van der Waals surface area contributed by atoms with Crippen LogP contribution in [0.15, 0.2) is 21.5 Å². The van der Waals surface area contributed by atoms with E-state index in [1.807, 2.05) is 0 Å². The number of aromatic nitrogens is 4. The number of nitrogens with zero attached hydrogens (tertiary/aromatic N) is 3. The van der Waals surface area contributed by atoms with Gasteiger partial charge in [-0.3, -0.25) is 9.78 Å². The quantitative estimate of drug-likeness (QED) is 0.704. The van der Waals surface area contributed by atoms with Crippen LogP contribution in [-0.4, -0.2) is 26.4 Å². The molecule has 0 saturated heterocycles. The van der Waals surface area contributed by atoms with Gasteiger partial charge in [-0.1, -0.05) is 0 Å². The molecule has 1 aromatic carbocycles. The van der Waals surface area contributed by atoms with Crippen LogP contribution in [0.1, 0.15) is 12.5 Å². The van der Waals surface area contributed by atoms with Crippen LogP contribution < -0.4 is 10.3 Å². The molecule has 0 radical (unpaired) electrons. The fraction of sp³-hybridized carbons (Fsp3) is 0.214. The Morgan fingerprint density at radius 1 is 1.39 bits per heavy atom. The van der Waals surface area contributed by atoms with Crippen LogP contribution in [0.4, 0.5) is 8.78 Å². The zero-order valence-corrected chi connectivity index (χ0v) is 13.7. The highest BCUT2D eigenvalue weighted by Gasteiger charge is 2.19. The van der Waals surface area contributed by atoms with Crippen molar-refractivity contribution in [3.8, 4) is 11.7 Å². The first-order valence-electron chi connectivity index (χ1n) is 6.69. The van der Waals surface area contributed by atoms with E-state index in [0.717, 1.165) is 4.68 Å². The number of hydrogen-bond donors (Lipinski definition) is 1. The van der Waals surface area contributed by atoms with Gasteiger partial charge in [0.1, 0.15) is 11.1 Å². The summed E-state index contributed by atoms with van der Waals surface area (Å²) in [5.74, 6) is -2.04. The number of aryl methyl sites for hydroxylation is 1. The minimum atomic E-state index is -1.06. The molecular formula is C14H11BrF2N4O2. The van der Waals surface area contributed by atoms with Crippen molar-refractivity contribution in [3.63, 3.8) is 0 Å².